The third-order valence-corrected chi connectivity index (χ3v) is 6.14. The molecule has 0 radical (unpaired) electrons. The number of imidazole rings is 1. The number of fused-ring (bicyclic) bond motifs is 1. The lowest BCUT2D eigenvalue weighted by atomic mass is 10.1. The molecule has 152 valence electrons. The number of carbonyl (C=O) groups is 1. The summed E-state index contributed by atoms with van der Waals surface area (Å²) in [4.78, 5) is 19.5. The topological polar surface area (TPSA) is 47.4 Å². The van der Waals surface area contributed by atoms with Crippen LogP contribution in [0.5, 0.6) is 0 Å². The van der Waals surface area contributed by atoms with Crippen molar-refractivity contribution in [3.05, 3.63) is 60.2 Å². The quantitative estimate of drug-likeness (QED) is 0.577. The lowest BCUT2D eigenvalue weighted by Crippen LogP contribution is -2.48. The van der Waals surface area contributed by atoms with Gasteiger partial charge in [0.1, 0.15) is 0 Å². The average Bonchev–Trinajstić information content (AvgIpc) is 3.08. The predicted octanol–water partition coefficient (Wildman–Crippen LogP) is 4.01. The third-order valence-electron chi connectivity index (χ3n) is 5.18. The average molecular weight is 410 g/mol. The predicted molar refractivity (Wildman–Crippen MR) is 117 cm³/mol. The lowest BCUT2D eigenvalue weighted by molar-refractivity contribution is -0.140. The van der Waals surface area contributed by atoms with Gasteiger partial charge in [-0.1, -0.05) is 54.2 Å². The molecule has 1 aromatic heterocycles. The van der Waals surface area contributed by atoms with Gasteiger partial charge in [-0.2, -0.15) is 0 Å². The van der Waals surface area contributed by atoms with Gasteiger partial charge in [-0.25, -0.2) is 4.98 Å². The van der Waals surface area contributed by atoms with Crippen molar-refractivity contribution in [1.29, 1.82) is 0 Å². The summed E-state index contributed by atoms with van der Waals surface area (Å²) in [5.74, 6) is 0.548. The van der Waals surface area contributed by atoms with Crippen LogP contribution in [-0.2, 0) is 22.5 Å². The first-order valence-electron chi connectivity index (χ1n) is 10.2. The molecule has 3 aromatic rings. The molecule has 0 N–H and O–H groups in total. The molecule has 1 fully saturated rings. The number of ether oxygens (including phenoxy) is 1. The van der Waals surface area contributed by atoms with Gasteiger partial charge in [0.2, 0.25) is 5.91 Å². The zero-order valence-corrected chi connectivity index (χ0v) is 17.8. The maximum absolute atomic E-state index is 12.8. The van der Waals surface area contributed by atoms with Crippen molar-refractivity contribution in [2.75, 3.05) is 18.8 Å². The van der Waals surface area contributed by atoms with Crippen molar-refractivity contribution in [3.8, 4) is 0 Å². The number of aromatic nitrogens is 2. The molecule has 1 aliphatic heterocycles. The Hall–Kier alpha value is -2.31. The van der Waals surface area contributed by atoms with E-state index in [1.807, 2.05) is 43.0 Å². The molecular weight excluding hydrogens is 382 g/mol. The number of hydrogen-bond donors (Lipinski definition) is 0. The van der Waals surface area contributed by atoms with Crippen LogP contribution in [0.4, 0.5) is 0 Å². The van der Waals surface area contributed by atoms with Gasteiger partial charge >= 0.3 is 0 Å². The van der Waals surface area contributed by atoms with Crippen molar-refractivity contribution in [1.82, 2.24) is 14.5 Å². The Morgan fingerprint density at radius 2 is 1.76 bits per heavy atom. The van der Waals surface area contributed by atoms with Crippen molar-refractivity contribution in [3.63, 3.8) is 0 Å². The molecule has 5 nitrogen and oxygen atoms in total. The number of nitrogens with zero attached hydrogens (tertiary/aromatic N) is 3. The zero-order valence-electron chi connectivity index (χ0n) is 17.0. The van der Waals surface area contributed by atoms with Crippen LogP contribution in [0.15, 0.2) is 59.8 Å². The van der Waals surface area contributed by atoms with E-state index in [1.165, 1.54) is 17.3 Å². The molecule has 2 heterocycles. The highest BCUT2D eigenvalue weighted by molar-refractivity contribution is 7.99. The number of carbonyl (C=O) groups excluding carboxylic acids is 1. The highest BCUT2D eigenvalue weighted by Gasteiger charge is 2.26. The molecule has 0 saturated carbocycles. The zero-order chi connectivity index (χ0) is 20.2. The number of thioether (sulfide) groups is 1. The Morgan fingerprint density at radius 3 is 2.52 bits per heavy atom. The second kappa shape index (κ2) is 9.01. The van der Waals surface area contributed by atoms with Crippen molar-refractivity contribution < 1.29 is 9.53 Å². The molecule has 6 heteroatoms. The summed E-state index contributed by atoms with van der Waals surface area (Å²) in [6, 6.07) is 18.7. The fraction of sp³-hybridized carbons (Fsp3) is 0.391. The minimum atomic E-state index is 0.0862. The lowest BCUT2D eigenvalue weighted by Gasteiger charge is -2.35. The summed E-state index contributed by atoms with van der Waals surface area (Å²) in [5.41, 5.74) is 3.39. The second-order valence-corrected chi connectivity index (χ2v) is 8.56. The van der Waals surface area contributed by atoms with E-state index >= 15 is 0 Å². The van der Waals surface area contributed by atoms with E-state index < -0.39 is 0 Å². The minimum absolute atomic E-state index is 0.0862. The number of para-hydroxylation sites is 2. The van der Waals surface area contributed by atoms with Gasteiger partial charge in [-0.15, -0.1) is 0 Å². The van der Waals surface area contributed by atoms with E-state index in [0.717, 1.165) is 29.2 Å². The molecule has 1 aliphatic rings. The monoisotopic (exact) mass is 409 g/mol. The van der Waals surface area contributed by atoms with Crippen molar-refractivity contribution in [2.24, 2.45) is 0 Å². The number of benzene rings is 2. The molecule has 2 unspecified atom stereocenters. The minimum Gasteiger partial charge on any atom is -0.372 e. The number of morpholine rings is 1. The van der Waals surface area contributed by atoms with Gasteiger partial charge in [0.25, 0.3) is 0 Å². The molecule has 1 amide bonds. The molecule has 2 aromatic carbocycles. The Balaban J connectivity index is 1.48. The van der Waals surface area contributed by atoms with E-state index in [-0.39, 0.29) is 18.1 Å². The maximum Gasteiger partial charge on any atom is 0.233 e. The number of hydrogen-bond acceptors (Lipinski definition) is 4. The van der Waals surface area contributed by atoms with E-state index in [9.17, 15) is 4.79 Å². The third kappa shape index (κ3) is 4.82. The van der Waals surface area contributed by atoms with Gasteiger partial charge in [-0.05, 0) is 38.0 Å². The molecule has 29 heavy (non-hydrogen) atoms. The summed E-state index contributed by atoms with van der Waals surface area (Å²) >= 11 is 1.53. The Bertz CT molecular complexity index is 963. The first kappa shape index (κ1) is 20.0. The van der Waals surface area contributed by atoms with Crippen LogP contribution in [-0.4, -0.2) is 51.4 Å². The molecule has 1 saturated heterocycles. The number of rotatable bonds is 6. The summed E-state index contributed by atoms with van der Waals surface area (Å²) < 4.78 is 7.99. The van der Waals surface area contributed by atoms with E-state index in [0.29, 0.717) is 18.8 Å². The van der Waals surface area contributed by atoms with E-state index in [4.69, 9.17) is 9.72 Å². The van der Waals surface area contributed by atoms with Crippen LogP contribution in [0.2, 0.25) is 0 Å². The fourth-order valence-electron chi connectivity index (χ4n) is 3.86. The highest BCUT2D eigenvalue weighted by Crippen LogP contribution is 2.25. The normalized spacial score (nSPS) is 19.6. The van der Waals surface area contributed by atoms with Crippen LogP contribution in [0, 0.1) is 0 Å². The molecule has 2 atom stereocenters. The first-order valence-corrected chi connectivity index (χ1v) is 11.1. The van der Waals surface area contributed by atoms with Gasteiger partial charge in [0.05, 0.1) is 29.0 Å². The van der Waals surface area contributed by atoms with Gasteiger partial charge < -0.3 is 14.2 Å². The number of amides is 1. The first-order chi connectivity index (χ1) is 14.1. The van der Waals surface area contributed by atoms with Crippen LogP contribution in [0.1, 0.15) is 19.4 Å². The number of aryl methyl sites for hydroxylation is 2. The van der Waals surface area contributed by atoms with Crippen LogP contribution in [0.3, 0.4) is 0 Å². The summed E-state index contributed by atoms with van der Waals surface area (Å²) in [6.45, 7) is 6.20. The SMILES string of the molecule is CC1CN(C(=O)CSc2nc3ccccc3n2CCc2ccccc2)CC(C)O1. The Morgan fingerprint density at radius 1 is 1.07 bits per heavy atom. The largest absolute Gasteiger partial charge is 0.372 e. The Kier molecular flexibility index (Phi) is 6.21. The molecule has 4 rings (SSSR count). The van der Waals surface area contributed by atoms with Crippen LogP contribution in [0.25, 0.3) is 11.0 Å². The summed E-state index contributed by atoms with van der Waals surface area (Å²) in [5, 5.41) is 0.907. The molecule has 0 spiro atoms. The standard InChI is InChI=1S/C23H27N3O2S/c1-17-14-25(15-18(2)28-17)22(27)16-29-23-24-20-10-6-7-11-21(20)26(23)13-12-19-8-4-3-5-9-19/h3-11,17-18H,12-16H2,1-2H3. The molecule has 0 bridgehead atoms. The van der Waals surface area contributed by atoms with Gasteiger partial charge in [-0.3, -0.25) is 4.79 Å². The second-order valence-electron chi connectivity index (χ2n) is 7.62. The molecular formula is C23H27N3O2S. The highest BCUT2D eigenvalue weighted by atomic mass is 32.2. The fourth-order valence-corrected chi connectivity index (χ4v) is 4.81. The molecule has 0 aliphatic carbocycles. The van der Waals surface area contributed by atoms with Gasteiger partial charge in [0.15, 0.2) is 5.16 Å². The van der Waals surface area contributed by atoms with Crippen LogP contribution < -0.4 is 0 Å². The van der Waals surface area contributed by atoms with Crippen molar-refractivity contribution >= 4 is 28.7 Å². The summed E-state index contributed by atoms with van der Waals surface area (Å²) in [7, 11) is 0. The van der Waals surface area contributed by atoms with Crippen molar-refractivity contribution in [2.45, 2.75) is 44.2 Å². The Labute approximate surface area is 176 Å². The van der Waals surface area contributed by atoms with E-state index in [2.05, 4.69) is 34.9 Å². The van der Waals surface area contributed by atoms with Crippen LogP contribution >= 0.6 is 11.8 Å². The van der Waals surface area contributed by atoms with Gasteiger partial charge in [0, 0.05) is 19.6 Å². The smallest absolute Gasteiger partial charge is 0.233 e. The van der Waals surface area contributed by atoms with E-state index in [1.54, 1.807) is 0 Å². The maximum atomic E-state index is 12.8. The summed E-state index contributed by atoms with van der Waals surface area (Å²) in [6.07, 6.45) is 1.10.